The first-order valence-electron chi connectivity index (χ1n) is 10.0. The van der Waals surface area contributed by atoms with Crippen molar-refractivity contribution in [1.29, 1.82) is 0 Å². The van der Waals surface area contributed by atoms with Crippen molar-refractivity contribution in [3.05, 3.63) is 72.6 Å². The van der Waals surface area contributed by atoms with Gasteiger partial charge < -0.3 is 9.80 Å². The van der Waals surface area contributed by atoms with Crippen molar-refractivity contribution in [2.24, 2.45) is 0 Å². The summed E-state index contributed by atoms with van der Waals surface area (Å²) in [6, 6.07) is 13.4. The molecule has 10 heteroatoms. The maximum atomic E-state index is 12.9. The summed E-state index contributed by atoms with van der Waals surface area (Å²) in [7, 11) is 0. The number of carbonyl (C=O) groups excluding carboxylic acids is 1. The smallest absolute Gasteiger partial charge is 0.276 e. The summed E-state index contributed by atoms with van der Waals surface area (Å²) in [4.78, 5) is 27.0. The quantitative estimate of drug-likeness (QED) is 0.498. The lowest BCUT2D eigenvalue weighted by Gasteiger charge is -2.35. The predicted molar refractivity (Wildman–Crippen MR) is 113 cm³/mol. The summed E-state index contributed by atoms with van der Waals surface area (Å²) in [5.74, 6) is 1.42. The van der Waals surface area contributed by atoms with E-state index in [1.54, 1.807) is 15.9 Å². The zero-order valence-corrected chi connectivity index (χ0v) is 17.0. The van der Waals surface area contributed by atoms with Gasteiger partial charge in [-0.25, -0.2) is 14.6 Å². The normalized spacial score (nSPS) is 14.1. The Morgan fingerprint density at radius 3 is 2.45 bits per heavy atom. The molecular weight excluding hydrogens is 394 g/mol. The van der Waals surface area contributed by atoms with E-state index >= 15 is 0 Å². The molecule has 1 saturated heterocycles. The van der Waals surface area contributed by atoms with Gasteiger partial charge >= 0.3 is 0 Å². The van der Waals surface area contributed by atoms with E-state index in [1.807, 2.05) is 55.6 Å². The molecule has 10 nitrogen and oxygen atoms in total. The van der Waals surface area contributed by atoms with Gasteiger partial charge in [0.25, 0.3) is 5.91 Å². The second-order valence-corrected chi connectivity index (χ2v) is 7.27. The van der Waals surface area contributed by atoms with Crippen molar-refractivity contribution in [3.63, 3.8) is 0 Å². The molecule has 1 amide bonds. The molecular formula is C21H21N9O. The van der Waals surface area contributed by atoms with Crippen molar-refractivity contribution in [2.75, 3.05) is 31.1 Å². The Bertz CT molecular complexity index is 1190. The Labute approximate surface area is 178 Å². The number of amides is 1. The van der Waals surface area contributed by atoms with Gasteiger partial charge in [0.15, 0.2) is 11.5 Å². The Morgan fingerprint density at radius 2 is 1.71 bits per heavy atom. The van der Waals surface area contributed by atoms with Gasteiger partial charge in [0.2, 0.25) is 0 Å². The number of anilines is 1. The van der Waals surface area contributed by atoms with Crippen molar-refractivity contribution in [1.82, 2.24) is 39.6 Å². The lowest BCUT2D eigenvalue weighted by atomic mass is 10.3. The zero-order valence-electron chi connectivity index (χ0n) is 17.0. The molecule has 1 fully saturated rings. The summed E-state index contributed by atoms with van der Waals surface area (Å²) in [6.45, 7) is 4.45. The third kappa shape index (κ3) is 3.87. The van der Waals surface area contributed by atoms with Crippen LogP contribution in [0.3, 0.4) is 0 Å². The van der Waals surface area contributed by atoms with Crippen LogP contribution >= 0.6 is 0 Å². The summed E-state index contributed by atoms with van der Waals surface area (Å²) < 4.78 is 1.73. The van der Waals surface area contributed by atoms with Gasteiger partial charge in [-0.2, -0.15) is 15.0 Å². The minimum absolute atomic E-state index is 0.114. The predicted octanol–water partition coefficient (Wildman–Crippen LogP) is 1.51. The van der Waals surface area contributed by atoms with E-state index in [0.717, 1.165) is 17.2 Å². The van der Waals surface area contributed by atoms with Crippen LogP contribution in [-0.2, 0) is 0 Å². The highest BCUT2D eigenvalue weighted by molar-refractivity contribution is 5.92. The molecule has 4 heterocycles. The average molecular weight is 415 g/mol. The molecule has 1 aromatic carbocycles. The van der Waals surface area contributed by atoms with E-state index < -0.39 is 0 Å². The third-order valence-electron chi connectivity index (χ3n) is 5.18. The molecule has 4 aromatic rings. The summed E-state index contributed by atoms with van der Waals surface area (Å²) in [5, 5.41) is 13.0. The molecule has 0 bridgehead atoms. The number of hydrogen-bond donors (Lipinski definition) is 0. The highest BCUT2D eigenvalue weighted by atomic mass is 16.2. The van der Waals surface area contributed by atoms with Crippen LogP contribution in [-0.4, -0.2) is 71.7 Å². The van der Waals surface area contributed by atoms with E-state index in [-0.39, 0.29) is 5.91 Å². The van der Waals surface area contributed by atoms with Crippen LogP contribution in [0.15, 0.2) is 61.2 Å². The van der Waals surface area contributed by atoms with Crippen molar-refractivity contribution < 1.29 is 4.79 Å². The van der Waals surface area contributed by atoms with Crippen LogP contribution in [0.2, 0.25) is 0 Å². The second kappa shape index (κ2) is 7.98. The van der Waals surface area contributed by atoms with Gasteiger partial charge in [0.05, 0.1) is 17.6 Å². The van der Waals surface area contributed by atoms with Gasteiger partial charge in [-0.15, -0.1) is 5.10 Å². The lowest BCUT2D eigenvalue weighted by Crippen LogP contribution is -2.49. The number of benzene rings is 1. The molecule has 1 aliphatic heterocycles. The minimum Gasteiger partial charge on any atom is -0.353 e. The second-order valence-electron chi connectivity index (χ2n) is 7.27. The van der Waals surface area contributed by atoms with Crippen LogP contribution in [0, 0.1) is 6.92 Å². The summed E-state index contributed by atoms with van der Waals surface area (Å²) in [6.07, 6.45) is 4.94. The van der Waals surface area contributed by atoms with Crippen LogP contribution in [0.4, 0.5) is 5.82 Å². The molecule has 156 valence electrons. The van der Waals surface area contributed by atoms with Crippen LogP contribution in [0.25, 0.3) is 11.5 Å². The van der Waals surface area contributed by atoms with E-state index in [2.05, 4.69) is 30.2 Å². The maximum absolute atomic E-state index is 12.9. The number of para-hydroxylation sites is 1. The molecule has 5 rings (SSSR count). The Balaban J connectivity index is 1.25. The standard InChI is InChI=1S/C21H21N9O/c1-16-7-8-29(25-16)20-13-19(22-15-23-20)27-9-11-28(12-10-27)21(31)18-14-24-30(26-18)17-5-3-2-4-6-17/h2-8,13-15H,9-12H2,1H3. The topological polar surface area (TPSA) is 97.9 Å². The zero-order chi connectivity index (χ0) is 21.2. The molecule has 0 unspecified atom stereocenters. The summed E-state index contributed by atoms with van der Waals surface area (Å²) in [5.41, 5.74) is 2.09. The minimum atomic E-state index is -0.114. The van der Waals surface area contributed by atoms with E-state index in [9.17, 15) is 4.79 Å². The van der Waals surface area contributed by atoms with E-state index in [1.165, 1.54) is 11.0 Å². The fourth-order valence-electron chi connectivity index (χ4n) is 3.53. The Hall–Kier alpha value is -4.08. The molecule has 0 atom stereocenters. The lowest BCUT2D eigenvalue weighted by molar-refractivity contribution is 0.0740. The number of rotatable bonds is 4. The Kier molecular flexibility index (Phi) is 4.87. The molecule has 0 N–H and O–H groups in total. The third-order valence-corrected chi connectivity index (χ3v) is 5.18. The van der Waals surface area contributed by atoms with Gasteiger partial charge in [-0.05, 0) is 25.1 Å². The molecule has 3 aromatic heterocycles. The molecule has 0 saturated carbocycles. The van der Waals surface area contributed by atoms with Gasteiger partial charge in [-0.1, -0.05) is 18.2 Å². The molecule has 0 radical (unpaired) electrons. The summed E-state index contributed by atoms with van der Waals surface area (Å²) >= 11 is 0. The highest BCUT2D eigenvalue weighted by Gasteiger charge is 2.25. The SMILES string of the molecule is Cc1ccn(-c2cc(N3CCN(C(=O)c4cnn(-c5ccccc5)n4)CC3)ncn2)n1. The maximum Gasteiger partial charge on any atom is 0.276 e. The fraction of sp³-hybridized carbons (Fsp3) is 0.238. The van der Waals surface area contributed by atoms with Gasteiger partial charge in [0, 0.05) is 38.4 Å². The molecule has 0 spiro atoms. The number of piperazine rings is 1. The van der Waals surface area contributed by atoms with Gasteiger partial charge in [0.1, 0.15) is 12.1 Å². The number of aryl methyl sites for hydroxylation is 1. The highest BCUT2D eigenvalue weighted by Crippen LogP contribution is 2.17. The van der Waals surface area contributed by atoms with Crippen molar-refractivity contribution in [2.45, 2.75) is 6.92 Å². The monoisotopic (exact) mass is 415 g/mol. The first-order valence-corrected chi connectivity index (χ1v) is 10.0. The number of hydrogen-bond acceptors (Lipinski definition) is 7. The van der Waals surface area contributed by atoms with E-state index in [4.69, 9.17) is 0 Å². The largest absolute Gasteiger partial charge is 0.353 e. The fourth-order valence-corrected chi connectivity index (χ4v) is 3.53. The van der Waals surface area contributed by atoms with Crippen molar-refractivity contribution >= 4 is 11.7 Å². The van der Waals surface area contributed by atoms with Crippen LogP contribution in [0.5, 0.6) is 0 Å². The van der Waals surface area contributed by atoms with Crippen LogP contribution < -0.4 is 4.90 Å². The Morgan fingerprint density at radius 1 is 0.935 bits per heavy atom. The number of carbonyl (C=O) groups is 1. The first-order chi connectivity index (χ1) is 15.2. The number of nitrogens with zero attached hydrogens (tertiary/aromatic N) is 9. The van der Waals surface area contributed by atoms with E-state index in [0.29, 0.717) is 37.7 Å². The first kappa shape index (κ1) is 18.9. The molecule has 0 aliphatic carbocycles. The number of aromatic nitrogens is 7. The molecule has 1 aliphatic rings. The van der Waals surface area contributed by atoms with Crippen LogP contribution in [0.1, 0.15) is 16.2 Å². The van der Waals surface area contributed by atoms with Gasteiger partial charge in [-0.3, -0.25) is 4.79 Å². The van der Waals surface area contributed by atoms with Crippen molar-refractivity contribution in [3.8, 4) is 11.5 Å². The average Bonchev–Trinajstić information content (AvgIpc) is 3.49. The molecule has 31 heavy (non-hydrogen) atoms.